The summed E-state index contributed by atoms with van der Waals surface area (Å²) in [6.07, 6.45) is 2.24. The fraction of sp³-hybridized carbons (Fsp3) is 0.611. The highest BCUT2D eigenvalue weighted by atomic mass is 32.2. The molecule has 0 bridgehead atoms. The Hall–Kier alpha value is -1.00. The molecule has 0 unspecified atom stereocenters. The second-order valence-electron chi connectivity index (χ2n) is 7.53. The third kappa shape index (κ3) is 3.49. The first-order valence-corrected chi connectivity index (χ1v) is 9.30. The molecule has 2 fully saturated rings. The van der Waals surface area contributed by atoms with Gasteiger partial charge in [0.2, 0.25) is 0 Å². The van der Waals surface area contributed by atoms with Crippen molar-refractivity contribution in [1.29, 1.82) is 0 Å². The first-order chi connectivity index (χ1) is 10.4. The van der Waals surface area contributed by atoms with E-state index < -0.39 is 11.0 Å². The lowest BCUT2D eigenvalue weighted by molar-refractivity contribution is 0.312. The lowest BCUT2D eigenvalue weighted by atomic mass is 10.00. The number of nitrogens with zero attached hydrogens (tertiary/aromatic N) is 2. The van der Waals surface area contributed by atoms with Crippen LogP contribution < -0.4 is 0 Å². The zero-order valence-corrected chi connectivity index (χ0v) is 14.6. The highest BCUT2D eigenvalue weighted by Gasteiger charge is 2.40. The quantitative estimate of drug-likeness (QED) is 0.855. The topological polar surface area (TPSA) is 32.7 Å². The summed E-state index contributed by atoms with van der Waals surface area (Å²) in [5.74, 6) is 1.23. The summed E-state index contributed by atoms with van der Waals surface area (Å²) in [6.45, 7) is 9.23. The summed E-state index contributed by atoms with van der Waals surface area (Å²) < 4.78 is 16.6. The Morgan fingerprint density at radius 1 is 1.23 bits per heavy atom. The lowest BCUT2D eigenvalue weighted by Crippen LogP contribution is -2.25. The van der Waals surface area contributed by atoms with Gasteiger partial charge in [0, 0.05) is 31.3 Å². The largest absolute Gasteiger partial charge is 0.298 e. The van der Waals surface area contributed by atoms with Gasteiger partial charge >= 0.3 is 0 Å². The van der Waals surface area contributed by atoms with E-state index in [2.05, 4.69) is 39.6 Å². The molecule has 0 aromatic heterocycles. The van der Waals surface area contributed by atoms with Gasteiger partial charge in [-0.15, -0.1) is 0 Å². The maximum Gasteiger partial charge on any atom is 0.144 e. The van der Waals surface area contributed by atoms with Crippen molar-refractivity contribution >= 4 is 16.7 Å². The highest BCUT2D eigenvalue weighted by molar-refractivity contribution is 7.85. The van der Waals surface area contributed by atoms with Gasteiger partial charge in [0.25, 0.3) is 0 Å². The molecule has 1 aromatic rings. The Morgan fingerprint density at radius 3 is 2.64 bits per heavy atom. The second kappa shape index (κ2) is 6.25. The van der Waals surface area contributed by atoms with Crippen molar-refractivity contribution in [3.05, 3.63) is 35.9 Å². The molecule has 1 saturated heterocycles. The van der Waals surface area contributed by atoms with E-state index in [0.29, 0.717) is 11.8 Å². The van der Waals surface area contributed by atoms with Gasteiger partial charge in [-0.1, -0.05) is 30.3 Å². The molecule has 3 nitrogen and oxygen atoms in total. The van der Waals surface area contributed by atoms with E-state index in [0.717, 1.165) is 26.1 Å². The number of benzene rings is 1. The number of hydrogen-bond donors (Lipinski definition) is 0. The molecule has 3 rings (SSSR count). The Balaban J connectivity index is 1.66. The Labute approximate surface area is 136 Å². The first-order valence-electron chi connectivity index (χ1n) is 8.19. The molecule has 1 aliphatic heterocycles. The Bertz CT molecular complexity index is 576. The summed E-state index contributed by atoms with van der Waals surface area (Å²) in [6, 6.07) is 10.7. The molecule has 2 aliphatic rings. The van der Waals surface area contributed by atoms with Crippen LogP contribution in [0.3, 0.4) is 0 Å². The maximum atomic E-state index is 12.3. The minimum absolute atomic E-state index is 0.257. The standard InChI is InChI=1S/C18H26N2OS/c1-18(2,3)22(21)19-17-10-9-15-12-20(13-16(15)17)11-14-7-5-4-6-8-14/h4-8,15-16H,9-13H2,1-3H3/b19-17+/t15-,16+,22+/m1/s1. The van der Waals surface area contributed by atoms with Gasteiger partial charge in [0.05, 0.1) is 4.75 Å². The number of hydrogen-bond acceptors (Lipinski definition) is 2. The average molecular weight is 318 g/mol. The van der Waals surface area contributed by atoms with Gasteiger partial charge < -0.3 is 0 Å². The third-order valence-electron chi connectivity index (χ3n) is 4.69. The number of rotatable bonds is 3. The van der Waals surface area contributed by atoms with Crippen LogP contribution in [0.15, 0.2) is 34.7 Å². The van der Waals surface area contributed by atoms with Crippen LogP contribution in [0.2, 0.25) is 0 Å². The highest BCUT2D eigenvalue weighted by Crippen LogP contribution is 2.37. The van der Waals surface area contributed by atoms with Gasteiger partial charge in [-0.25, -0.2) is 4.21 Å². The van der Waals surface area contributed by atoms with E-state index in [1.165, 1.54) is 17.7 Å². The predicted octanol–water partition coefficient (Wildman–Crippen LogP) is 3.43. The zero-order chi connectivity index (χ0) is 15.7. The molecule has 4 heteroatoms. The summed E-state index contributed by atoms with van der Waals surface area (Å²) >= 11 is 0. The van der Waals surface area contributed by atoms with Crippen molar-refractivity contribution in [3.8, 4) is 0 Å². The number of fused-ring (bicyclic) bond motifs is 1. The van der Waals surface area contributed by atoms with Crippen molar-refractivity contribution in [2.45, 2.75) is 44.9 Å². The molecular weight excluding hydrogens is 292 g/mol. The van der Waals surface area contributed by atoms with E-state index in [4.69, 9.17) is 0 Å². The molecular formula is C18H26N2OS. The number of likely N-dealkylation sites (tertiary alicyclic amines) is 1. The van der Waals surface area contributed by atoms with Gasteiger partial charge in [0.15, 0.2) is 0 Å². The van der Waals surface area contributed by atoms with Crippen LogP contribution in [0.5, 0.6) is 0 Å². The fourth-order valence-electron chi connectivity index (χ4n) is 3.48. The first kappa shape index (κ1) is 15.9. The summed E-state index contributed by atoms with van der Waals surface area (Å²) in [7, 11) is -1.12. The van der Waals surface area contributed by atoms with E-state index in [1.807, 2.05) is 20.8 Å². The van der Waals surface area contributed by atoms with Crippen LogP contribution in [0.4, 0.5) is 0 Å². The van der Waals surface area contributed by atoms with Gasteiger partial charge in [0.1, 0.15) is 11.0 Å². The summed E-state index contributed by atoms with van der Waals surface area (Å²) in [5.41, 5.74) is 2.58. The third-order valence-corrected chi connectivity index (χ3v) is 6.14. The smallest absolute Gasteiger partial charge is 0.144 e. The molecule has 0 spiro atoms. The molecule has 0 N–H and O–H groups in total. The van der Waals surface area contributed by atoms with Crippen LogP contribution in [0, 0.1) is 11.8 Å². The molecule has 1 aliphatic carbocycles. The van der Waals surface area contributed by atoms with Crippen molar-refractivity contribution in [1.82, 2.24) is 4.90 Å². The molecule has 0 radical (unpaired) electrons. The van der Waals surface area contributed by atoms with E-state index >= 15 is 0 Å². The normalized spacial score (nSPS) is 29.0. The molecule has 3 atom stereocenters. The average Bonchev–Trinajstić information content (AvgIpc) is 3.00. The fourth-order valence-corrected chi connectivity index (χ4v) is 4.19. The van der Waals surface area contributed by atoms with Crippen LogP contribution in [0.25, 0.3) is 0 Å². The SMILES string of the molecule is CC(C)(C)[S@](=O)/N=C1\CC[C@@H]2CN(Cc3ccccc3)C[C@H]12. The molecule has 1 heterocycles. The maximum absolute atomic E-state index is 12.3. The second-order valence-corrected chi connectivity index (χ2v) is 9.43. The molecule has 0 amide bonds. The minimum Gasteiger partial charge on any atom is -0.298 e. The van der Waals surface area contributed by atoms with E-state index in [1.54, 1.807) is 0 Å². The van der Waals surface area contributed by atoms with Crippen molar-refractivity contribution < 1.29 is 4.21 Å². The van der Waals surface area contributed by atoms with Gasteiger partial charge in [-0.3, -0.25) is 4.90 Å². The predicted molar refractivity (Wildman–Crippen MR) is 93.3 cm³/mol. The molecule has 1 saturated carbocycles. The van der Waals surface area contributed by atoms with Crippen LogP contribution >= 0.6 is 0 Å². The van der Waals surface area contributed by atoms with E-state index in [9.17, 15) is 4.21 Å². The van der Waals surface area contributed by atoms with Gasteiger partial charge in [-0.2, -0.15) is 4.40 Å². The van der Waals surface area contributed by atoms with Crippen LogP contribution in [-0.4, -0.2) is 32.7 Å². The minimum atomic E-state index is -1.12. The summed E-state index contributed by atoms with van der Waals surface area (Å²) in [4.78, 5) is 2.53. The molecule has 22 heavy (non-hydrogen) atoms. The monoisotopic (exact) mass is 318 g/mol. The molecule has 120 valence electrons. The zero-order valence-electron chi connectivity index (χ0n) is 13.8. The lowest BCUT2D eigenvalue weighted by Gasteiger charge is -2.18. The van der Waals surface area contributed by atoms with E-state index in [-0.39, 0.29) is 4.75 Å². The van der Waals surface area contributed by atoms with Crippen molar-refractivity contribution in [3.63, 3.8) is 0 Å². The summed E-state index contributed by atoms with van der Waals surface area (Å²) in [5, 5.41) is 0. The van der Waals surface area contributed by atoms with Crippen LogP contribution in [-0.2, 0) is 17.5 Å². The van der Waals surface area contributed by atoms with Crippen LogP contribution in [0.1, 0.15) is 39.2 Å². The molecule has 1 aromatic carbocycles. The van der Waals surface area contributed by atoms with Crippen molar-refractivity contribution in [2.75, 3.05) is 13.1 Å². The van der Waals surface area contributed by atoms with Gasteiger partial charge in [-0.05, 0) is 45.1 Å². The van der Waals surface area contributed by atoms with Crippen molar-refractivity contribution in [2.24, 2.45) is 16.2 Å². The Morgan fingerprint density at radius 2 is 1.95 bits per heavy atom. The Kier molecular flexibility index (Phi) is 4.51.